The molecular formula is C19H22N2O2. The SMILES string of the molecule is c1ccc(COCN2CC(Oc3ccc4c(c3)CCN4)C2)cc1. The maximum absolute atomic E-state index is 6.05. The third-order valence-corrected chi connectivity index (χ3v) is 4.40. The van der Waals surface area contributed by atoms with Crippen molar-refractivity contribution >= 4 is 5.69 Å². The molecule has 23 heavy (non-hydrogen) atoms. The summed E-state index contributed by atoms with van der Waals surface area (Å²) in [5, 5.41) is 3.37. The molecule has 2 aromatic rings. The monoisotopic (exact) mass is 310 g/mol. The van der Waals surface area contributed by atoms with Crippen LogP contribution in [-0.2, 0) is 17.8 Å². The molecule has 1 N–H and O–H groups in total. The van der Waals surface area contributed by atoms with Crippen LogP contribution in [0, 0.1) is 0 Å². The summed E-state index contributed by atoms with van der Waals surface area (Å²) in [7, 11) is 0. The minimum Gasteiger partial charge on any atom is -0.488 e. The van der Waals surface area contributed by atoms with Crippen LogP contribution >= 0.6 is 0 Å². The fourth-order valence-corrected chi connectivity index (χ4v) is 3.12. The summed E-state index contributed by atoms with van der Waals surface area (Å²) in [6, 6.07) is 16.6. The first-order chi connectivity index (χ1) is 11.4. The Kier molecular flexibility index (Phi) is 4.18. The smallest absolute Gasteiger partial charge is 0.124 e. The van der Waals surface area contributed by atoms with Crippen molar-refractivity contribution in [2.45, 2.75) is 19.1 Å². The van der Waals surface area contributed by atoms with E-state index in [0.29, 0.717) is 13.3 Å². The van der Waals surface area contributed by atoms with Gasteiger partial charge in [0.15, 0.2) is 0 Å². The summed E-state index contributed by atoms with van der Waals surface area (Å²) in [6.07, 6.45) is 1.37. The molecule has 1 saturated heterocycles. The number of hydrogen-bond acceptors (Lipinski definition) is 4. The lowest BCUT2D eigenvalue weighted by Crippen LogP contribution is -2.54. The number of anilines is 1. The molecule has 0 aromatic heterocycles. The van der Waals surface area contributed by atoms with E-state index in [-0.39, 0.29) is 6.10 Å². The lowest BCUT2D eigenvalue weighted by atomic mass is 10.1. The van der Waals surface area contributed by atoms with Crippen LogP contribution in [0.4, 0.5) is 5.69 Å². The molecule has 0 aliphatic carbocycles. The van der Waals surface area contributed by atoms with Crippen LogP contribution in [0.2, 0.25) is 0 Å². The van der Waals surface area contributed by atoms with E-state index in [2.05, 4.69) is 40.5 Å². The van der Waals surface area contributed by atoms with E-state index in [9.17, 15) is 0 Å². The third-order valence-electron chi connectivity index (χ3n) is 4.40. The predicted octanol–water partition coefficient (Wildman–Crippen LogP) is 2.89. The van der Waals surface area contributed by atoms with Crippen LogP contribution in [0.1, 0.15) is 11.1 Å². The molecule has 4 heteroatoms. The van der Waals surface area contributed by atoms with Gasteiger partial charge in [0.1, 0.15) is 11.9 Å². The molecule has 120 valence electrons. The summed E-state index contributed by atoms with van der Waals surface area (Å²) in [6.45, 7) is 4.24. The van der Waals surface area contributed by atoms with Crippen molar-refractivity contribution in [3.8, 4) is 5.75 Å². The highest BCUT2D eigenvalue weighted by Crippen LogP contribution is 2.28. The summed E-state index contributed by atoms with van der Waals surface area (Å²) < 4.78 is 11.8. The first-order valence-corrected chi connectivity index (χ1v) is 8.24. The molecule has 0 unspecified atom stereocenters. The molecule has 0 atom stereocenters. The molecule has 2 aliphatic rings. The quantitative estimate of drug-likeness (QED) is 0.889. The molecule has 0 bridgehead atoms. The number of rotatable bonds is 6. The number of fused-ring (bicyclic) bond motifs is 1. The largest absolute Gasteiger partial charge is 0.488 e. The Morgan fingerprint density at radius 1 is 1.09 bits per heavy atom. The van der Waals surface area contributed by atoms with Crippen molar-refractivity contribution in [2.24, 2.45) is 0 Å². The minimum absolute atomic E-state index is 0.280. The van der Waals surface area contributed by atoms with Crippen LogP contribution in [0.5, 0.6) is 5.75 Å². The van der Waals surface area contributed by atoms with E-state index >= 15 is 0 Å². The molecule has 1 fully saturated rings. The zero-order valence-electron chi connectivity index (χ0n) is 13.2. The molecular weight excluding hydrogens is 288 g/mol. The highest BCUT2D eigenvalue weighted by atomic mass is 16.5. The van der Waals surface area contributed by atoms with Crippen molar-refractivity contribution in [2.75, 3.05) is 31.7 Å². The highest BCUT2D eigenvalue weighted by Gasteiger charge is 2.28. The van der Waals surface area contributed by atoms with Crippen molar-refractivity contribution in [1.82, 2.24) is 4.90 Å². The second kappa shape index (κ2) is 6.60. The zero-order valence-corrected chi connectivity index (χ0v) is 13.2. The lowest BCUT2D eigenvalue weighted by molar-refractivity contribution is -0.0648. The maximum atomic E-state index is 6.05. The Morgan fingerprint density at radius 3 is 2.83 bits per heavy atom. The van der Waals surface area contributed by atoms with Gasteiger partial charge in [-0.15, -0.1) is 0 Å². The van der Waals surface area contributed by atoms with Gasteiger partial charge in [-0.3, -0.25) is 4.90 Å². The van der Waals surface area contributed by atoms with Crippen LogP contribution < -0.4 is 10.1 Å². The molecule has 0 saturated carbocycles. The Labute approximate surface area is 137 Å². The Morgan fingerprint density at radius 2 is 1.96 bits per heavy atom. The van der Waals surface area contributed by atoms with E-state index in [1.54, 1.807) is 0 Å². The average Bonchev–Trinajstić information content (AvgIpc) is 3.01. The fourth-order valence-electron chi connectivity index (χ4n) is 3.12. The number of likely N-dealkylation sites (tertiary alicyclic amines) is 1. The van der Waals surface area contributed by atoms with Gasteiger partial charge in [0.05, 0.1) is 13.3 Å². The molecule has 2 aliphatic heterocycles. The first-order valence-electron chi connectivity index (χ1n) is 8.24. The normalized spacial score (nSPS) is 17.4. The van der Waals surface area contributed by atoms with Crippen LogP contribution in [0.25, 0.3) is 0 Å². The molecule has 0 amide bonds. The van der Waals surface area contributed by atoms with Gasteiger partial charge in [0, 0.05) is 25.3 Å². The molecule has 2 aromatic carbocycles. The van der Waals surface area contributed by atoms with Gasteiger partial charge in [-0.2, -0.15) is 0 Å². The summed E-state index contributed by atoms with van der Waals surface area (Å²) >= 11 is 0. The highest BCUT2D eigenvalue weighted by molar-refractivity contribution is 5.57. The fraction of sp³-hybridized carbons (Fsp3) is 0.368. The predicted molar refractivity (Wildman–Crippen MR) is 90.7 cm³/mol. The third kappa shape index (κ3) is 3.49. The van der Waals surface area contributed by atoms with E-state index in [1.807, 2.05) is 18.2 Å². The topological polar surface area (TPSA) is 33.7 Å². The van der Waals surface area contributed by atoms with Crippen molar-refractivity contribution in [3.05, 3.63) is 59.7 Å². The standard InChI is InChI=1S/C19H22N2O2/c1-2-4-15(5-3-1)13-22-14-21-11-18(12-21)23-17-6-7-19-16(10-17)8-9-20-19/h1-7,10,18,20H,8-9,11-14H2. The molecule has 0 spiro atoms. The van der Waals surface area contributed by atoms with E-state index in [1.165, 1.54) is 16.8 Å². The number of nitrogens with zero attached hydrogens (tertiary/aromatic N) is 1. The van der Waals surface area contributed by atoms with Gasteiger partial charge in [-0.1, -0.05) is 30.3 Å². The van der Waals surface area contributed by atoms with Crippen LogP contribution in [0.3, 0.4) is 0 Å². The second-order valence-corrected chi connectivity index (χ2v) is 6.23. The van der Waals surface area contributed by atoms with Crippen molar-refractivity contribution < 1.29 is 9.47 Å². The Hall–Kier alpha value is -2.04. The number of hydrogen-bond donors (Lipinski definition) is 1. The molecule has 4 rings (SSSR count). The molecule has 2 heterocycles. The summed E-state index contributed by atoms with van der Waals surface area (Å²) in [4.78, 5) is 2.27. The summed E-state index contributed by atoms with van der Waals surface area (Å²) in [5.41, 5.74) is 3.83. The van der Waals surface area contributed by atoms with Gasteiger partial charge in [0.2, 0.25) is 0 Å². The molecule has 0 radical (unpaired) electrons. The van der Waals surface area contributed by atoms with E-state index in [4.69, 9.17) is 9.47 Å². The summed E-state index contributed by atoms with van der Waals surface area (Å²) in [5.74, 6) is 0.988. The van der Waals surface area contributed by atoms with Gasteiger partial charge >= 0.3 is 0 Å². The average molecular weight is 310 g/mol. The van der Waals surface area contributed by atoms with Gasteiger partial charge < -0.3 is 14.8 Å². The van der Waals surface area contributed by atoms with E-state index in [0.717, 1.165) is 31.8 Å². The van der Waals surface area contributed by atoms with Crippen molar-refractivity contribution in [3.63, 3.8) is 0 Å². The van der Waals surface area contributed by atoms with Gasteiger partial charge in [-0.25, -0.2) is 0 Å². The lowest BCUT2D eigenvalue weighted by Gasteiger charge is -2.38. The zero-order chi connectivity index (χ0) is 15.5. The minimum atomic E-state index is 0.280. The van der Waals surface area contributed by atoms with Crippen molar-refractivity contribution in [1.29, 1.82) is 0 Å². The molecule has 4 nitrogen and oxygen atoms in total. The Balaban J connectivity index is 1.18. The number of nitrogens with one attached hydrogen (secondary N) is 1. The number of ether oxygens (including phenoxy) is 2. The van der Waals surface area contributed by atoms with E-state index < -0.39 is 0 Å². The Bertz CT molecular complexity index is 654. The maximum Gasteiger partial charge on any atom is 0.124 e. The second-order valence-electron chi connectivity index (χ2n) is 6.23. The number of benzene rings is 2. The van der Waals surface area contributed by atoms with Gasteiger partial charge in [-0.05, 0) is 35.7 Å². The van der Waals surface area contributed by atoms with Crippen LogP contribution in [-0.4, -0.2) is 37.4 Å². The van der Waals surface area contributed by atoms with Crippen LogP contribution in [0.15, 0.2) is 48.5 Å². The van der Waals surface area contributed by atoms with Gasteiger partial charge in [0.25, 0.3) is 0 Å². The first kappa shape index (κ1) is 14.5.